The molecule has 0 spiro atoms. The molecule has 0 fully saturated rings. The Morgan fingerprint density at radius 1 is 1.05 bits per heavy atom. The van der Waals surface area contributed by atoms with Gasteiger partial charge in [0.05, 0.1) is 7.11 Å². The summed E-state index contributed by atoms with van der Waals surface area (Å²) in [4.78, 5) is 0. The molecule has 4 nitrogen and oxygen atoms in total. The summed E-state index contributed by atoms with van der Waals surface area (Å²) < 4.78 is 5.38. The van der Waals surface area contributed by atoms with Crippen molar-refractivity contribution in [2.24, 2.45) is 0 Å². The van der Waals surface area contributed by atoms with Crippen molar-refractivity contribution in [2.75, 3.05) is 12.8 Å². The summed E-state index contributed by atoms with van der Waals surface area (Å²) in [6.07, 6.45) is 0. The predicted octanol–water partition coefficient (Wildman–Crippen LogP) is 3.54. The summed E-state index contributed by atoms with van der Waals surface area (Å²) >= 11 is 6.08. The van der Waals surface area contributed by atoms with Crippen LogP contribution >= 0.6 is 11.6 Å². The summed E-state index contributed by atoms with van der Waals surface area (Å²) in [5.74, 6) is 1.10. The third-order valence-electron chi connectivity index (χ3n) is 3.13. The Kier molecular flexibility index (Phi) is 3.16. The molecule has 1 aromatic heterocycles. The fraction of sp³-hybridized carbons (Fsp3) is 0.0667. The molecule has 0 saturated heterocycles. The van der Waals surface area contributed by atoms with Crippen LogP contribution in [0.3, 0.4) is 0 Å². The smallest absolute Gasteiger partial charge is 0.154 e. The monoisotopic (exact) mass is 285 g/mol. The highest BCUT2D eigenvalue weighted by Crippen LogP contribution is 2.35. The van der Waals surface area contributed by atoms with Crippen LogP contribution in [-0.4, -0.2) is 17.3 Å². The fourth-order valence-electron chi connectivity index (χ4n) is 2.19. The zero-order valence-electron chi connectivity index (χ0n) is 10.8. The first kappa shape index (κ1) is 12.7. The Morgan fingerprint density at radius 2 is 1.80 bits per heavy atom. The van der Waals surface area contributed by atoms with Crippen molar-refractivity contribution in [1.29, 1.82) is 0 Å². The lowest BCUT2D eigenvalue weighted by atomic mass is 10.0. The summed E-state index contributed by atoms with van der Waals surface area (Å²) in [6, 6.07) is 13.1. The maximum atomic E-state index is 6.08. The summed E-state index contributed by atoms with van der Waals surface area (Å²) in [5, 5.41) is 10.6. The van der Waals surface area contributed by atoms with Gasteiger partial charge in [-0.3, -0.25) is 0 Å². The number of hydrogen-bond acceptors (Lipinski definition) is 4. The van der Waals surface area contributed by atoms with E-state index in [1.54, 1.807) is 13.2 Å². The lowest BCUT2D eigenvalue weighted by Gasteiger charge is -2.11. The van der Waals surface area contributed by atoms with E-state index < -0.39 is 0 Å². The average Bonchev–Trinajstić information content (AvgIpc) is 2.48. The molecule has 0 atom stereocenters. The number of hydrogen-bond donors (Lipinski definition) is 1. The van der Waals surface area contributed by atoms with E-state index in [2.05, 4.69) is 10.2 Å². The number of halogens is 1. The van der Waals surface area contributed by atoms with Gasteiger partial charge in [-0.05, 0) is 18.2 Å². The van der Waals surface area contributed by atoms with Crippen molar-refractivity contribution in [1.82, 2.24) is 10.2 Å². The van der Waals surface area contributed by atoms with Gasteiger partial charge in [-0.25, -0.2) is 0 Å². The van der Waals surface area contributed by atoms with Crippen LogP contribution in [0.2, 0.25) is 5.02 Å². The fourth-order valence-corrected chi connectivity index (χ4v) is 2.36. The minimum Gasteiger partial charge on any atom is -0.496 e. The highest BCUT2D eigenvalue weighted by molar-refractivity contribution is 6.31. The maximum absolute atomic E-state index is 6.08. The second kappa shape index (κ2) is 4.98. The molecule has 0 amide bonds. The Hall–Kier alpha value is -2.33. The standard InChI is InChI=1S/C15H12ClN3O/c1-20-13-7-6-9(16)8-12(13)14-10-4-2-3-5-11(10)15(17)19-18-14/h2-8H,1H3,(H2,17,19). The van der Waals surface area contributed by atoms with Gasteiger partial charge in [0, 0.05) is 21.4 Å². The minimum absolute atomic E-state index is 0.408. The SMILES string of the molecule is COc1ccc(Cl)cc1-c1nnc(N)c2ccccc12. The lowest BCUT2D eigenvalue weighted by Crippen LogP contribution is -1.98. The predicted molar refractivity (Wildman–Crippen MR) is 80.9 cm³/mol. The number of fused-ring (bicyclic) bond motifs is 1. The molecule has 1 heterocycles. The number of nitrogens with zero attached hydrogens (tertiary/aromatic N) is 2. The van der Waals surface area contributed by atoms with Crippen molar-refractivity contribution in [3.63, 3.8) is 0 Å². The van der Waals surface area contributed by atoms with Crippen LogP contribution in [-0.2, 0) is 0 Å². The van der Waals surface area contributed by atoms with Gasteiger partial charge in [0.15, 0.2) is 5.82 Å². The van der Waals surface area contributed by atoms with Gasteiger partial charge in [0.2, 0.25) is 0 Å². The van der Waals surface area contributed by atoms with Gasteiger partial charge < -0.3 is 10.5 Å². The zero-order valence-corrected chi connectivity index (χ0v) is 11.6. The first-order valence-corrected chi connectivity index (χ1v) is 6.43. The third kappa shape index (κ3) is 2.04. The van der Waals surface area contributed by atoms with E-state index in [-0.39, 0.29) is 0 Å². The lowest BCUT2D eigenvalue weighted by molar-refractivity contribution is 0.416. The van der Waals surface area contributed by atoms with Gasteiger partial charge in [-0.15, -0.1) is 10.2 Å². The first-order chi connectivity index (χ1) is 9.70. The zero-order chi connectivity index (χ0) is 14.1. The molecule has 5 heteroatoms. The molecule has 0 radical (unpaired) electrons. The first-order valence-electron chi connectivity index (χ1n) is 6.05. The summed E-state index contributed by atoms with van der Waals surface area (Å²) in [7, 11) is 1.61. The molecule has 3 rings (SSSR count). The van der Waals surface area contributed by atoms with Gasteiger partial charge >= 0.3 is 0 Å². The van der Waals surface area contributed by atoms with Gasteiger partial charge in [0.1, 0.15) is 11.4 Å². The maximum Gasteiger partial charge on any atom is 0.154 e. The van der Waals surface area contributed by atoms with Crippen LogP contribution in [0.1, 0.15) is 0 Å². The summed E-state index contributed by atoms with van der Waals surface area (Å²) in [6.45, 7) is 0. The second-order valence-electron chi connectivity index (χ2n) is 4.32. The van der Waals surface area contributed by atoms with Crippen molar-refractivity contribution in [3.8, 4) is 17.0 Å². The Bertz CT molecular complexity index is 789. The number of benzene rings is 2. The van der Waals surface area contributed by atoms with E-state index in [1.807, 2.05) is 36.4 Å². The number of nitrogen functional groups attached to an aromatic ring is 1. The molecule has 0 bridgehead atoms. The van der Waals surface area contributed by atoms with Crippen LogP contribution in [0.4, 0.5) is 5.82 Å². The number of aromatic nitrogens is 2. The third-order valence-corrected chi connectivity index (χ3v) is 3.37. The van der Waals surface area contributed by atoms with Crippen molar-refractivity contribution in [2.45, 2.75) is 0 Å². The molecule has 0 aliphatic heterocycles. The molecule has 0 saturated carbocycles. The summed E-state index contributed by atoms with van der Waals surface area (Å²) in [5.41, 5.74) is 7.37. The van der Waals surface area contributed by atoms with Crippen LogP contribution in [0, 0.1) is 0 Å². The molecule has 3 aromatic rings. The Labute approximate surface area is 121 Å². The number of anilines is 1. The Balaban J connectivity index is 2.36. The highest BCUT2D eigenvalue weighted by atomic mass is 35.5. The number of nitrogens with two attached hydrogens (primary N) is 1. The van der Waals surface area contributed by atoms with Gasteiger partial charge in [0.25, 0.3) is 0 Å². The second-order valence-corrected chi connectivity index (χ2v) is 4.76. The molecule has 2 aromatic carbocycles. The quantitative estimate of drug-likeness (QED) is 0.782. The largest absolute Gasteiger partial charge is 0.496 e. The van der Waals surface area contributed by atoms with Crippen molar-refractivity contribution >= 4 is 28.2 Å². The van der Waals surface area contributed by atoms with Crippen molar-refractivity contribution < 1.29 is 4.74 Å². The van der Waals surface area contributed by atoms with Crippen LogP contribution in [0.25, 0.3) is 22.0 Å². The van der Waals surface area contributed by atoms with E-state index in [9.17, 15) is 0 Å². The molecule has 100 valence electrons. The molecule has 20 heavy (non-hydrogen) atoms. The minimum atomic E-state index is 0.408. The average molecular weight is 286 g/mol. The van der Waals surface area contributed by atoms with E-state index in [1.165, 1.54) is 0 Å². The number of ether oxygens (including phenoxy) is 1. The van der Waals surface area contributed by atoms with E-state index in [4.69, 9.17) is 22.1 Å². The molecule has 2 N–H and O–H groups in total. The Morgan fingerprint density at radius 3 is 2.55 bits per heavy atom. The number of rotatable bonds is 2. The van der Waals surface area contributed by atoms with Gasteiger partial charge in [-0.2, -0.15) is 0 Å². The van der Waals surface area contributed by atoms with Crippen LogP contribution < -0.4 is 10.5 Å². The number of methoxy groups -OCH3 is 1. The van der Waals surface area contributed by atoms with E-state index in [0.717, 1.165) is 16.3 Å². The highest BCUT2D eigenvalue weighted by Gasteiger charge is 2.13. The van der Waals surface area contributed by atoms with Crippen LogP contribution in [0.15, 0.2) is 42.5 Å². The molecular formula is C15H12ClN3O. The van der Waals surface area contributed by atoms with Gasteiger partial charge in [-0.1, -0.05) is 35.9 Å². The van der Waals surface area contributed by atoms with Crippen LogP contribution in [0.5, 0.6) is 5.75 Å². The normalized spacial score (nSPS) is 10.7. The van der Waals surface area contributed by atoms with Crippen molar-refractivity contribution in [3.05, 3.63) is 47.5 Å². The van der Waals surface area contributed by atoms with E-state index in [0.29, 0.717) is 22.3 Å². The topological polar surface area (TPSA) is 61.0 Å². The molecule has 0 aliphatic rings. The molecular weight excluding hydrogens is 274 g/mol. The molecule has 0 aliphatic carbocycles. The molecule has 0 unspecified atom stereocenters. The van der Waals surface area contributed by atoms with E-state index >= 15 is 0 Å².